The third-order valence-corrected chi connectivity index (χ3v) is 4.98. The number of hydrogen-bond donors (Lipinski definition) is 2. The van der Waals surface area contributed by atoms with Crippen molar-refractivity contribution in [3.63, 3.8) is 0 Å². The number of benzene rings is 2. The molecule has 1 aliphatic rings. The zero-order chi connectivity index (χ0) is 20.5. The van der Waals surface area contributed by atoms with Crippen molar-refractivity contribution >= 4 is 41.5 Å². The molecule has 0 spiro atoms. The molecule has 1 heterocycles. The number of hydrogen-bond acceptors (Lipinski definition) is 3. The maximum absolute atomic E-state index is 13.1. The SMILES string of the molecule is CN=C(NCCC(=O)N1CCN(c2ccc(F)cc2)CC1)NCc1ccccc1.I. The number of guanidine groups is 1. The summed E-state index contributed by atoms with van der Waals surface area (Å²) in [7, 11) is 1.72. The second kappa shape index (κ2) is 12.4. The maximum Gasteiger partial charge on any atom is 0.224 e. The van der Waals surface area contributed by atoms with E-state index in [9.17, 15) is 9.18 Å². The first-order valence-electron chi connectivity index (χ1n) is 9.92. The van der Waals surface area contributed by atoms with E-state index in [-0.39, 0.29) is 35.7 Å². The molecule has 0 saturated carbocycles. The van der Waals surface area contributed by atoms with Crippen LogP contribution >= 0.6 is 24.0 Å². The van der Waals surface area contributed by atoms with Crippen LogP contribution < -0.4 is 15.5 Å². The number of nitrogens with one attached hydrogen (secondary N) is 2. The summed E-state index contributed by atoms with van der Waals surface area (Å²) in [5, 5.41) is 6.44. The van der Waals surface area contributed by atoms with E-state index in [1.165, 1.54) is 17.7 Å². The van der Waals surface area contributed by atoms with Gasteiger partial charge in [-0.25, -0.2) is 4.39 Å². The third-order valence-electron chi connectivity index (χ3n) is 4.98. The van der Waals surface area contributed by atoms with Gasteiger partial charge in [0.25, 0.3) is 0 Å². The minimum atomic E-state index is -0.233. The molecule has 8 heteroatoms. The zero-order valence-corrected chi connectivity index (χ0v) is 19.5. The highest BCUT2D eigenvalue weighted by atomic mass is 127. The summed E-state index contributed by atoms with van der Waals surface area (Å²) in [6.45, 7) is 4.08. The van der Waals surface area contributed by atoms with Crippen molar-refractivity contribution in [3.05, 3.63) is 66.0 Å². The van der Waals surface area contributed by atoms with Crippen molar-refractivity contribution in [1.29, 1.82) is 0 Å². The summed E-state index contributed by atoms with van der Waals surface area (Å²) < 4.78 is 13.1. The molecule has 6 nitrogen and oxygen atoms in total. The molecule has 0 aliphatic carbocycles. The van der Waals surface area contributed by atoms with Crippen molar-refractivity contribution in [1.82, 2.24) is 15.5 Å². The van der Waals surface area contributed by atoms with Gasteiger partial charge >= 0.3 is 0 Å². The van der Waals surface area contributed by atoms with Crippen molar-refractivity contribution < 1.29 is 9.18 Å². The fourth-order valence-electron chi connectivity index (χ4n) is 3.31. The average Bonchev–Trinajstić information content (AvgIpc) is 2.77. The van der Waals surface area contributed by atoms with Gasteiger partial charge in [0.05, 0.1) is 0 Å². The average molecular weight is 525 g/mol. The Morgan fingerprint density at radius 3 is 2.30 bits per heavy atom. The molecule has 2 aromatic rings. The summed E-state index contributed by atoms with van der Waals surface area (Å²) in [4.78, 5) is 20.8. The molecule has 0 unspecified atom stereocenters. The molecule has 1 fully saturated rings. The standard InChI is InChI=1S/C22H28FN5O.HI/c1-24-22(26-17-18-5-3-2-4-6-18)25-12-11-21(29)28-15-13-27(14-16-28)20-9-7-19(23)8-10-20;/h2-10H,11-17H2,1H3,(H2,24,25,26);1H. The zero-order valence-electron chi connectivity index (χ0n) is 17.2. The van der Waals surface area contributed by atoms with Crippen LogP contribution in [-0.4, -0.2) is 56.5 Å². The number of piperazine rings is 1. The predicted molar refractivity (Wildman–Crippen MR) is 130 cm³/mol. The van der Waals surface area contributed by atoms with Crippen LogP contribution in [-0.2, 0) is 11.3 Å². The lowest BCUT2D eigenvalue weighted by Gasteiger charge is -2.36. The molecule has 3 rings (SSSR count). The topological polar surface area (TPSA) is 60.0 Å². The predicted octanol–water partition coefficient (Wildman–Crippen LogP) is 2.85. The van der Waals surface area contributed by atoms with Gasteiger partial charge < -0.3 is 20.4 Å². The van der Waals surface area contributed by atoms with E-state index >= 15 is 0 Å². The molecular formula is C22H29FIN5O. The summed E-state index contributed by atoms with van der Waals surface area (Å²) in [5.41, 5.74) is 2.17. The molecule has 162 valence electrons. The van der Waals surface area contributed by atoms with Gasteiger partial charge in [0.2, 0.25) is 5.91 Å². The molecule has 30 heavy (non-hydrogen) atoms. The van der Waals surface area contributed by atoms with Crippen LogP contribution in [0.2, 0.25) is 0 Å². The molecule has 1 saturated heterocycles. The number of carbonyl (C=O) groups is 1. The Balaban J connectivity index is 0.00000320. The first kappa shape index (κ1) is 23.9. The van der Waals surface area contributed by atoms with Crippen molar-refractivity contribution in [2.45, 2.75) is 13.0 Å². The molecule has 2 aromatic carbocycles. The van der Waals surface area contributed by atoms with Gasteiger partial charge in [0.15, 0.2) is 5.96 Å². The van der Waals surface area contributed by atoms with E-state index in [0.717, 1.165) is 18.8 Å². The van der Waals surface area contributed by atoms with Crippen molar-refractivity contribution in [2.75, 3.05) is 44.7 Å². The number of anilines is 1. The van der Waals surface area contributed by atoms with Crippen LogP contribution in [0.5, 0.6) is 0 Å². The molecule has 1 amide bonds. The van der Waals surface area contributed by atoms with Crippen molar-refractivity contribution in [2.24, 2.45) is 4.99 Å². The van der Waals surface area contributed by atoms with Gasteiger partial charge in [0, 0.05) is 58.4 Å². The van der Waals surface area contributed by atoms with Crippen LogP contribution in [0.4, 0.5) is 10.1 Å². The second-order valence-electron chi connectivity index (χ2n) is 6.93. The van der Waals surface area contributed by atoms with Gasteiger partial charge in [-0.1, -0.05) is 30.3 Å². The number of nitrogens with zero attached hydrogens (tertiary/aromatic N) is 3. The molecule has 1 aliphatic heterocycles. The summed E-state index contributed by atoms with van der Waals surface area (Å²) in [5.74, 6) is 0.584. The monoisotopic (exact) mass is 525 g/mol. The quantitative estimate of drug-likeness (QED) is 0.346. The Morgan fingerprint density at radius 2 is 1.67 bits per heavy atom. The lowest BCUT2D eigenvalue weighted by Crippen LogP contribution is -2.49. The highest BCUT2D eigenvalue weighted by Gasteiger charge is 2.21. The first-order chi connectivity index (χ1) is 14.2. The van der Waals surface area contributed by atoms with E-state index in [1.54, 1.807) is 19.2 Å². The van der Waals surface area contributed by atoms with E-state index < -0.39 is 0 Å². The third kappa shape index (κ3) is 7.16. The summed E-state index contributed by atoms with van der Waals surface area (Å²) in [6.07, 6.45) is 0.419. The normalized spacial score (nSPS) is 14.1. The van der Waals surface area contributed by atoms with Gasteiger partial charge in [0.1, 0.15) is 5.82 Å². The van der Waals surface area contributed by atoms with Gasteiger partial charge in [-0.2, -0.15) is 0 Å². The molecular weight excluding hydrogens is 496 g/mol. The van der Waals surface area contributed by atoms with Crippen LogP contribution in [0.25, 0.3) is 0 Å². The van der Waals surface area contributed by atoms with Crippen LogP contribution in [0.1, 0.15) is 12.0 Å². The van der Waals surface area contributed by atoms with E-state index in [0.29, 0.717) is 38.6 Å². The van der Waals surface area contributed by atoms with E-state index in [1.807, 2.05) is 23.1 Å². The summed E-state index contributed by atoms with van der Waals surface area (Å²) in [6, 6.07) is 16.6. The van der Waals surface area contributed by atoms with Crippen LogP contribution in [0.3, 0.4) is 0 Å². The minimum absolute atomic E-state index is 0. The van der Waals surface area contributed by atoms with E-state index in [2.05, 4.69) is 32.7 Å². The largest absolute Gasteiger partial charge is 0.368 e. The highest BCUT2D eigenvalue weighted by Crippen LogP contribution is 2.17. The number of carbonyl (C=O) groups excluding carboxylic acids is 1. The Bertz CT molecular complexity index is 808. The Morgan fingerprint density at radius 1 is 1.00 bits per heavy atom. The van der Waals surface area contributed by atoms with Gasteiger partial charge in [-0.05, 0) is 29.8 Å². The lowest BCUT2D eigenvalue weighted by molar-refractivity contribution is -0.131. The Kier molecular flexibility index (Phi) is 9.85. The summed E-state index contributed by atoms with van der Waals surface area (Å²) >= 11 is 0. The number of aliphatic imine (C=N–C) groups is 1. The van der Waals surface area contributed by atoms with Crippen LogP contribution in [0.15, 0.2) is 59.6 Å². The molecule has 0 radical (unpaired) electrons. The molecule has 0 atom stereocenters. The Labute approximate surface area is 194 Å². The van der Waals surface area contributed by atoms with Crippen LogP contribution in [0, 0.1) is 5.82 Å². The Hall–Kier alpha value is -2.36. The molecule has 0 bridgehead atoms. The molecule has 0 aromatic heterocycles. The van der Waals surface area contributed by atoms with Crippen molar-refractivity contribution in [3.8, 4) is 0 Å². The lowest BCUT2D eigenvalue weighted by atomic mass is 10.2. The van der Waals surface area contributed by atoms with E-state index in [4.69, 9.17) is 0 Å². The number of amides is 1. The van der Waals surface area contributed by atoms with Gasteiger partial charge in [-0.3, -0.25) is 9.79 Å². The molecule has 2 N–H and O–H groups in total. The second-order valence-corrected chi connectivity index (χ2v) is 6.93. The fraction of sp³-hybridized carbons (Fsp3) is 0.364. The van der Waals surface area contributed by atoms with Gasteiger partial charge in [-0.15, -0.1) is 24.0 Å². The number of halogens is 2. The number of rotatable bonds is 6. The fourth-order valence-corrected chi connectivity index (χ4v) is 3.31. The smallest absolute Gasteiger partial charge is 0.224 e. The maximum atomic E-state index is 13.1. The minimum Gasteiger partial charge on any atom is -0.368 e. The first-order valence-corrected chi connectivity index (χ1v) is 9.92. The highest BCUT2D eigenvalue weighted by molar-refractivity contribution is 14.0.